The van der Waals surface area contributed by atoms with E-state index in [1.165, 1.54) is 6.07 Å². The van der Waals surface area contributed by atoms with Gasteiger partial charge < -0.3 is 4.74 Å². The van der Waals surface area contributed by atoms with E-state index in [2.05, 4.69) is 0 Å². The Labute approximate surface area is 97.3 Å². The van der Waals surface area contributed by atoms with Crippen molar-refractivity contribution in [3.05, 3.63) is 47.0 Å². The van der Waals surface area contributed by atoms with Gasteiger partial charge in [0.15, 0.2) is 11.6 Å². The molecule has 0 aromatic heterocycles. The summed E-state index contributed by atoms with van der Waals surface area (Å²) in [6, 6.07) is 6.27. The van der Waals surface area contributed by atoms with Gasteiger partial charge in [-0.25, -0.2) is 8.78 Å². The predicted octanol–water partition coefficient (Wildman–Crippen LogP) is 3.91. The topological polar surface area (TPSA) is 9.23 Å². The molecule has 17 heavy (non-hydrogen) atoms. The van der Waals surface area contributed by atoms with E-state index in [0.717, 1.165) is 5.57 Å². The van der Waals surface area contributed by atoms with E-state index in [1.807, 2.05) is 13.0 Å². The molecule has 0 saturated carbocycles. The molecule has 0 spiro atoms. The Hall–Kier alpha value is -1.90. The van der Waals surface area contributed by atoms with Crippen molar-refractivity contribution >= 4 is 16.8 Å². The molecule has 0 unspecified atom stereocenters. The van der Waals surface area contributed by atoms with E-state index in [9.17, 15) is 8.78 Å². The molecule has 1 aliphatic heterocycles. The highest BCUT2D eigenvalue weighted by Crippen LogP contribution is 2.35. The molecule has 0 radical (unpaired) electrons. The summed E-state index contributed by atoms with van der Waals surface area (Å²) in [6.45, 7) is 2.26. The summed E-state index contributed by atoms with van der Waals surface area (Å²) in [5.41, 5.74) is 1.69. The fourth-order valence-electron chi connectivity index (χ4n) is 2.11. The second kappa shape index (κ2) is 3.55. The minimum Gasteiger partial charge on any atom is -0.486 e. The smallest absolute Gasteiger partial charge is 0.176 e. The van der Waals surface area contributed by atoms with Crippen molar-refractivity contribution in [2.24, 2.45) is 0 Å². The van der Waals surface area contributed by atoms with E-state index in [4.69, 9.17) is 4.74 Å². The molecule has 0 N–H and O–H groups in total. The van der Waals surface area contributed by atoms with Crippen molar-refractivity contribution in [3.63, 3.8) is 0 Å². The van der Waals surface area contributed by atoms with Crippen LogP contribution < -0.4 is 4.74 Å². The first kappa shape index (κ1) is 10.3. The van der Waals surface area contributed by atoms with Gasteiger partial charge in [-0.2, -0.15) is 0 Å². The highest BCUT2D eigenvalue weighted by atomic mass is 19.1. The molecular weight excluding hydrogens is 222 g/mol. The molecule has 2 aromatic carbocycles. The highest BCUT2D eigenvalue weighted by molar-refractivity contribution is 5.89. The normalized spacial score (nSPS) is 14.2. The van der Waals surface area contributed by atoms with Crippen LogP contribution in [0.25, 0.3) is 16.8 Å². The zero-order valence-electron chi connectivity index (χ0n) is 9.26. The van der Waals surface area contributed by atoms with Crippen LogP contribution in [0.2, 0.25) is 0 Å². The molecule has 1 aliphatic rings. The lowest BCUT2D eigenvalue weighted by Gasteiger charge is -2.17. The Balaban J connectivity index is 2.41. The number of hydrogen-bond donors (Lipinski definition) is 0. The van der Waals surface area contributed by atoms with Crippen molar-refractivity contribution in [1.82, 2.24) is 0 Å². The van der Waals surface area contributed by atoms with Gasteiger partial charge in [0.1, 0.15) is 12.4 Å². The maximum atomic E-state index is 14.1. The third kappa shape index (κ3) is 1.50. The van der Waals surface area contributed by atoms with Gasteiger partial charge in [0, 0.05) is 5.56 Å². The molecule has 3 heteroatoms. The minimum atomic E-state index is -0.612. The summed E-state index contributed by atoms with van der Waals surface area (Å²) >= 11 is 0. The molecule has 1 heterocycles. The zero-order valence-corrected chi connectivity index (χ0v) is 9.26. The van der Waals surface area contributed by atoms with Crippen molar-refractivity contribution in [2.45, 2.75) is 6.92 Å². The number of benzene rings is 2. The van der Waals surface area contributed by atoms with E-state index >= 15 is 0 Å². The molecule has 0 aliphatic carbocycles. The molecule has 86 valence electrons. The van der Waals surface area contributed by atoms with E-state index in [0.29, 0.717) is 17.6 Å². The van der Waals surface area contributed by atoms with Crippen molar-refractivity contribution in [2.75, 3.05) is 6.61 Å². The molecule has 2 aromatic rings. The van der Waals surface area contributed by atoms with Crippen LogP contribution in [0, 0.1) is 11.6 Å². The molecule has 0 bridgehead atoms. The molecule has 0 atom stereocenters. The van der Waals surface area contributed by atoms with E-state index in [1.54, 1.807) is 18.2 Å². The lowest BCUT2D eigenvalue weighted by Crippen LogP contribution is -2.07. The van der Waals surface area contributed by atoms with Gasteiger partial charge >= 0.3 is 0 Å². The fourth-order valence-corrected chi connectivity index (χ4v) is 2.11. The standard InChI is InChI=1S/C14H10F2O/c1-8-5-10-6-9-3-2-4-11(15)12(9)13(16)14(10)17-7-8/h2-6H,7H2,1H3. The third-order valence-electron chi connectivity index (χ3n) is 2.88. The van der Waals surface area contributed by atoms with Gasteiger partial charge in [0.25, 0.3) is 0 Å². The van der Waals surface area contributed by atoms with Crippen molar-refractivity contribution < 1.29 is 13.5 Å². The van der Waals surface area contributed by atoms with Gasteiger partial charge in [0.05, 0.1) is 5.39 Å². The number of fused-ring (bicyclic) bond motifs is 2. The summed E-state index contributed by atoms with van der Waals surface area (Å²) in [6.07, 6.45) is 1.87. The third-order valence-corrected chi connectivity index (χ3v) is 2.88. The number of hydrogen-bond acceptors (Lipinski definition) is 1. The average molecular weight is 232 g/mol. The average Bonchev–Trinajstić information content (AvgIpc) is 2.28. The molecule has 1 nitrogen and oxygen atoms in total. The van der Waals surface area contributed by atoms with E-state index < -0.39 is 11.6 Å². The summed E-state index contributed by atoms with van der Waals surface area (Å²) in [4.78, 5) is 0. The lowest BCUT2D eigenvalue weighted by atomic mass is 10.0. The van der Waals surface area contributed by atoms with Crippen LogP contribution in [0.4, 0.5) is 8.78 Å². The monoisotopic (exact) mass is 232 g/mol. The van der Waals surface area contributed by atoms with Gasteiger partial charge in [-0.3, -0.25) is 0 Å². The Bertz CT molecular complexity index is 644. The lowest BCUT2D eigenvalue weighted by molar-refractivity contribution is 0.329. The number of halogens is 2. The fraction of sp³-hybridized carbons (Fsp3) is 0.143. The number of rotatable bonds is 0. The maximum Gasteiger partial charge on any atom is 0.176 e. The predicted molar refractivity (Wildman–Crippen MR) is 63.0 cm³/mol. The van der Waals surface area contributed by atoms with Gasteiger partial charge in [-0.1, -0.05) is 12.1 Å². The van der Waals surface area contributed by atoms with Gasteiger partial charge in [-0.05, 0) is 36.1 Å². The maximum absolute atomic E-state index is 14.1. The van der Waals surface area contributed by atoms with Crippen LogP contribution in [0.1, 0.15) is 12.5 Å². The quantitative estimate of drug-likeness (QED) is 0.669. The Kier molecular flexibility index (Phi) is 2.15. The zero-order chi connectivity index (χ0) is 12.0. The second-order valence-electron chi connectivity index (χ2n) is 4.23. The Morgan fingerprint density at radius 3 is 2.88 bits per heavy atom. The van der Waals surface area contributed by atoms with Crippen LogP contribution in [0.5, 0.6) is 5.75 Å². The first-order valence-corrected chi connectivity index (χ1v) is 5.37. The van der Waals surface area contributed by atoms with Crippen LogP contribution in [-0.4, -0.2) is 6.61 Å². The van der Waals surface area contributed by atoms with Crippen LogP contribution in [0.15, 0.2) is 29.8 Å². The summed E-state index contributed by atoms with van der Waals surface area (Å²) in [7, 11) is 0. The van der Waals surface area contributed by atoms with Crippen molar-refractivity contribution in [1.29, 1.82) is 0 Å². The summed E-state index contributed by atoms with van der Waals surface area (Å²) in [5.74, 6) is -1.02. The molecule has 0 fully saturated rings. The highest BCUT2D eigenvalue weighted by Gasteiger charge is 2.19. The van der Waals surface area contributed by atoms with Gasteiger partial charge in [-0.15, -0.1) is 0 Å². The van der Waals surface area contributed by atoms with Crippen LogP contribution in [0.3, 0.4) is 0 Å². The van der Waals surface area contributed by atoms with Crippen molar-refractivity contribution in [3.8, 4) is 5.75 Å². The van der Waals surface area contributed by atoms with Crippen LogP contribution >= 0.6 is 0 Å². The van der Waals surface area contributed by atoms with E-state index in [-0.39, 0.29) is 11.1 Å². The van der Waals surface area contributed by atoms with Crippen LogP contribution in [-0.2, 0) is 0 Å². The second-order valence-corrected chi connectivity index (χ2v) is 4.23. The molecule has 0 saturated heterocycles. The molecule has 3 rings (SSSR count). The first-order valence-electron chi connectivity index (χ1n) is 5.37. The molecule has 0 amide bonds. The first-order chi connectivity index (χ1) is 8.16. The van der Waals surface area contributed by atoms with Gasteiger partial charge in [0.2, 0.25) is 0 Å². The molecular formula is C14H10F2O. The largest absolute Gasteiger partial charge is 0.486 e. The summed E-state index contributed by atoms with van der Waals surface area (Å²) < 4.78 is 33.0. The SMILES string of the molecule is CC1=Cc2cc3cccc(F)c3c(F)c2OC1. The number of ether oxygens (including phenoxy) is 1. The summed E-state index contributed by atoms with van der Waals surface area (Å²) in [5, 5.41) is 0.551. The Morgan fingerprint density at radius 2 is 2.06 bits per heavy atom. The minimum absolute atomic E-state index is 0.000738. The Morgan fingerprint density at radius 1 is 1.24 bits per heavy atom.